The van der Waals surface area contributed by atoms with E-state index in [0.717, 1.165) is 41.9 Å². The van der Waals surface area contributed by atoms with Gasteiger partial charge >= 0.3 is 0 Å². The topological polar surface area (TPSA) is 34.0 Å². The maximum Gasteiger partial charge on any atom is 0.253 e. The standard InChI is InChI=1S/C23H25ClN2O/c1-3-4-8-15-25-23(27)21-16-22(18-11-13-19(24)14-12-18)26(17(21)2)20-9-6-5-7-10-20/h5-7,9-14,16H,3-4,8,15H2,1-2H3,(H,25,27). The van der Waals surface area contributed by atoms with Crippen molar-refractivity contribution in [1.29, 1.82) is 0 Å². The van der Waals surface area contributed by atoms with Gasteiger partial charge in [-0.05, 0) is 49.2 Å². The van der Waals surface area contributed by atoms with Gasteiger partial charge in [-0.2, -0.15) is 0 Å². The van der Waals surface area contributed by atoms with Crippen LogP contribution in [0, 0.1) is 6.92 Å². The van der Waals surface area contributed by atoms with Gasteiger partial charge in [0.2, 0.25) is 0 Å². The maximum absolute atomic E-state index is 12.8. The van der Waals surface area contributed by atoms with Gasteiger partial charge in [0.25, 0.3) is 5.91 Å². The highest BCUT2D eigenvalue weighted by atomic mass is 35.5. The molecular weight excluding hydrogens is 356 g/mol. The Bertz CT molecular complexity index is 898. The molecule has 0 radical (unpaired) electrons. The van der Waals surface area contributed by atoms with Gasteiger partial charge in [-0.25, -0.2) is 0 Å². The van der Waals surface area contributed by atoms with E-state index in [9.17, 15) is 4.79 Å². The van der Waals surface area contributed by atoms with E-state index in [4.69, 9.17) is 11.6 Å². The van der Waals surface area contributed by atoms with Crippen molar-refractivity contribution >= 4 is 17.5 Å². The SMILES string of the molecule is CCCCCNC(=O)c1cc(-c2ccc(Cl)cc2)n(-c2ccccc2)c1C. The second-order valence-corrected chi connectivity index (χ2v) is 7.11. The van der Waals surface area contributed by atoms with Crippen LogP contribution in [0.2, 0.25) is 5.02 Å². The van der Waals surface area contributed by atoms with Crippen molar-refractivity contribution in [2.24, 2.45) is 0 Å². The highest BCUT2D eigenvalue weighted by Crippen LogP contribution is 2.30. The fourth-order valence-corrected chi connectivity index (χ4v) is 3.38. The fourth-order valence-electron chi connectivity index (χ4n) is 3.25. The van der Waals surface area contributed by atoms with E-state index >= 15 is 0 Å². The van der Waals surface area contributed by atoms with Gasteiger partial charge in [0.15, 0.2) is 0 Å². The average molecular weight is 381 g/mol. The lowest BCUT2D eigenvalue weighted by atomic mass is 10.1. The Hall–Kier alpha value is -2.52. The highest BCUT2D eigenvalue weighted by Gasteiger charge is 2.19. The zero-order chi connectivity index (χ0) is 19.2. The number of hydrogen-bond acceptors (Lipinski definition) is 1. The summed E-state index contributed by atoms with van der Waals surface area (Å²) >= 11 is 6.05. The Balaban J connectivity index is 2.01. The Labute approximate surface area is 166 Å². The molecule has 0 unspecified atom stereocenters. The van der Waals surface area contributed by atoms with Crippen LogP contribution < -0.4 is 5.32 Å². The lowest BCUT2D eigenvalue weighted by Crippen LogP contribution is -2.24. The molecule has 0 atom stereocenters. The molecule has 3 rings (SSSR count). The van der Waals surface area contributed by atoms with Gasteiger partial charge in [-0.15, -0.1) is 0 Å². The summed E-state index contributed by atoms with van der Waals surface area (Å²) in [6.45, 7) is 4.86. The van der Waals surface area contributed by atoms with E-state index in [1.807, 2.05) is 55.5 Å². The van der Waals surface area contributed by atoms with Crippen molar-refractivity contribution in [2.45, 2.75) is 33.1 Å². The number of nitrogens with one attached hydrogen (secondary N) is 1. The molecule has 0 aliphatic rings. The van der Waals surface area contributed by atoms with Gasteiger partial charge < -0.3 is 9.88 Å². The molecular formula is C23H25ClN2O. The number of halogens is 1. The first kappa shape index (κ1) is 19.2. The lowest BCUT2D eigenvalue weighted by molar-refractivity contribution is 0.0952. The van der Waals surface area contributed by atoms with Crippen molar-refractivity contribution in [1.82, 2.24) is 9.88 Å². The minimum Gasteiger partial charge on any atom is -0.352 e. The van der Waals surface area contributed by atoms with Crippen LogP contribution in [0.5, 0.6) is 0 Å². The first-order valence-electron chi connectivity index (χ1n) is 9.43. The average Bonchev–Trinajstić information content (AvgIpc) is 3.03. The predicted molar refractivity (Wildman–Crippen MR) is 113 cm³/mol. The summed E-state index contributed by atoms with van der Waals surface area (Å²) in [5.41, 5.74) is 4.68. The first-order chi connectivity index (χ1) is 13.1. The predicted octanol–water partition coefficient (Wildman–Crippen LogP) is 6.03. The lowest BCUT2D eigenvalue weighted by Gasteiger charge is -2.12. The van der Waals surface area contributed by atoms with E-state index in [1.165, 1.54) is 0 Å². The Kier molecular flexibility index (Phi) is 6.36. The molecule has 1 N–H and O–H groups in total. The van der Waals surface area contributed by atoms with Crippen LogP contribution in [-0.2, 0) is 0 Å². The molecule has 1 aromatic heterocycles. The quantitative estimate of drug-likeness (QED) is 0.499. The summed E-state index contributed by atoms with van der Waals surface area (Å²) in [7, 11) is 0. The van der Waals surface area contributed by atoms with Crippen LogP contribution in [0.4, 0.5) is 0 Å². The van der Waals surface area contributed by atoms with Gasteiger partial charge in [0.05, 0.1) is 11.3 Å². The summed E-state index contributed by atoms with van der Waals surface area (Å²) in [6, 6.07) is 19.8. The van der Waals surface area contributed by atoms with Crippen molar-refractivity contribution in [2.75, 3.05) is 6.54 Å². The molecule has 0 aliphatic heterocycles. The Morgan fingerprint density at radius 3 is 2.41 bits per heavy atom. The van der Waals surface area contributed by atoms with Crippen LogP contribution in [0.15, 0.2) is 60.7 Å². The largest absolute Gasteiger partial charge is 0.352 e. The van der Waals surface area contributed by atoms with Crippen molar-refractivity contribution in [3.05, 3.63) is 76.9 Å². The zero-order valence-corrected chi connectivity index (χ0v) is 16.6. The summed E-state index contributed by atoms with van der Waals surface area (Å²) < 4.78 is 2.13. The molecule has 1 heterocycles. The van der Waals surface area contributed by atoms with Crippen LogP contribution in [-0.4, -0.2) is 17.0 Å². The van der Waals surface area contributed by atoms with Crippen LogP contribution in [0.1, 0.15) is 42.2 Å². The Morgan fingerprint density at radius 1 is 1.04 bits per heavy atom. The normalized spacial score (nSPS) is 10.8. The summed E-state index contributed by atoms with van der Waals surface area (Å²) in [6.07, 6.45) is 3.27. The van der Waals surface area contributed by atoms with Gasteiger partial charge in [-0.3, -0.25) is 4.79 Å². The molecule has 2 aromatic carbocycles. The highest BCUT2D eigenvalue weighted by molar-refractivity contribution is 6.30. The molecule has 0 spiro atoms. The number of unbranched alkanes of at least 4 members (excludes halogenated alkanes) is 2. The van der Waals surface area contributed by atoms with E-state index in [-0.39, 0.29) is 5.91 Å². The van der Waals surface area contributed by atoms with Gasteiger partial charge in [0.1, 0.15) is 0 Å². The third-order valence-corrected chi connectivity index (χ3v) is 4.96. The number of nitrogens with zero attached hydrogens (tertiary/aromatic N) is 1. The van der Waals surface area contributed by atoms with E-state index < -0.39 is 0 Å². The minimum atomic E-state index is -0.0199. The second kappa shape index (κ2) is 8.92. The van der Waals surface area contributed by atoms with Crippen molar-refractivity contribution in [3.8, 4) is 16.9 Å². The molecule has 0 aliphatic carbocycles. The molecule has 3 nitrogen and oxygen atoms in total. The number of carbonyl (C=O) groups is 1. The molecule has 3 aromatic rings. The van der Waals surface area contributed by atoms with E-state index in [1.54, 1.807) is 0 Å². The van der Waals surface area contributed by atoms with E-state index in [0.29, 0.717) is 17.1 Å². The third-order valence-electron chi connectivity index (χ3n) is 4.71. The molecule has 4 heteroatoms. The summed E-state index contributed by atoms with van der Waals surface area (Å²) in [5, 5.41) is 3.75. The molecule has 27 heavy (non-hydrogen) atoms. The molecule has 0 saturated heterocycles. The number of amides is 1. The number of rotatable bonds is 7. The number of hydrogen-bond donors (Lipinski definition) is 1. The number of aromatic nitrogens is 1. The number of carbonyl (C=O) groups excluding carboxylic acids is 1. The van der Waals surface area contributed by atoms with Crippen LogP contribution in [0.25, 0.3) is 16.9 Å². The van der Waals surface area contributed by atoms with Crippen molar-refractivity contribution < 1.29 is 4.79 Å². The van der Waals surface area contributed by atoms with Gasteiger partial charge in [-0.1, -0.05) is 61.7 Å². The molecule has 140 valence electrons. The number of benzene rings is 2. The van der Waals surface area contributed by atoms with Crippen molar-refractivity contribution in [3.63, 3.8) is 0 Å². The van der Waals surface area contributed by atoms with Crippen LogP contribution in [0.3, 0.4) is 0 Å². The minimum absolute atomic E-state index is 0.0199. The monoisotopic (exact) mass is 380 g/mol. The molecule has 1 amide bonds. The number of para-hydroxylation sites is 1. The second-order valence-electron chi connectivity index (χ2n) is 6.67. The van der Waals surface area contributed by atoms with Crippen LogP contribution >= 0.6 is 11.6 Å². The molecule has 0 saturated carbocycles. The Morgan fingerprint density at radius 2 is 1.74 bits per heavy atom. The smallest absolute Gasteiger partial charge is 0.253 e. The van der Waals surface area contributed by atoms with Gasteiger partial charge in [0, 0.05) is 22.9 Å². The first-order valence-corrected chi connectivity index (χ1v) is 9.81. The zero-order valence-electron chi connectivity index (χ0n) is 15.8. The summed E-state index contributed by atoms with van der Waals surface area (Å²) in [4.78, 5) is 12.8. The third kappa shape index (κ3) is 4.42. The van der Waals surface area contributed by atoms with E-state index in [2.05, 4.69) is 28.9 Å². The maximum atomic E-state index is 12.8. The molecule has 0 bridgehead atoms. The molecule has 0 fully saturated rings. The summed E-state index contributed by atoms with van der Waals surface area (Å²) in [5.74, 6) is -0.0199. The fraction of sp³-hybridized carbons (Fsp3) is 0.261.